The highest BCUT2D eigenvalue weighted by Crippen LogP contribution is 2.33. The topological polar surface area (TPSA) is 49.4 Å². The molecule has 29 heavy (non-hydrogen) atoms. The van der Waals surface area contributed by atoms with E-state index in [1.165, 1.54) is 4.90 Å². The summed E-state index contributed by atoms with van der Waals surface area (Å²) in [5, 5.41) is 3.19. The predicted octanol–water partition coefficient (Wildman–Crippen LogP) is 4.70. The molecular formula is C25H22N2O2. The van der Waals surface area contributed by atoms with Gasteiger partial charge < -0.3 is 5.32 Å². The van der Waals surface area contributed by atoms with E-state index in [1.807, 2.05) is 92.7 Å². The number of nitrogens with one attached hydrogen (secondary N) is 1. The van der Waals surface area contributed by atoms with Crippen LogP contribution in [0.15, 0.2) is 84.6 Å². The van der Waals surface area contributed by atoms with E-state index in [0.717, 1.165) is 27.9 Å². The molecule has 1 aliphatic heterocycles. The van der Waals surface area contributed by atoms with E-state index in [4.69, 9.17) is 0 Å². The molecule has 4 heteroatoms. The molecule has 4 rings (SSSR count). The SMILES string of the molecule is Cc1ccc(C2=C(Nc3ccccc3)C(=O)N(Cc3ccccc3)C2=O)c(C)c1. The Kier molecular flexibility index (Phi) is 5.00. The van der Waals surface area contributed by atoms with Gasteiger partial charge in [-0.25, -0.2) is 0 Å². The number of carbonyl (C=O) groups excluding carboxylic acids is 2. The maximum atomic E-state index is 13.4. The standard InChI is InChI=1S/C25H22N2O2/c1-17-13-14-21(18(2)15-17)22-23(26-20-11-7-4-8-12-20)25(29)27(24(22)28)16-19-9-5-3-6-10-19/h3-15,26H,16H2,1-2H3. The number of hydrogen-bond acceptors (Lipinski definition) is 3. The molecule has 0 fully saturated rings. The first-order valence-corrected chi connectivity index (χ1v) is 9.58. The van der Waals surface area contributed by atoms with Crippen LogP contribution >= 0.6 is 0 Å². The molecule has 0 spiro atoms. The highest BCUT2D eigenvalue weighted by molar-refractivity contribution is 6.36. The highest BCUT2D eigenvalue weighted by Gasteiger charge is 2.39. The summed E-state index contributed by atoms with van der Waals surface area (Å²) in [4.78, 5) is 28.0. The van der Waals surface area contributed by atoms with E-state index in [1.54, 1.807) is 0 Å². The quantitative estimate of drug-likeness (QED) is 0.651. The maximum absolute atomic E-state index is 13.4. The van der Waals surface area contributed by atoms with Gasteiger partial charge in [-0.3, -0.25) is 14.5 Å². The van der Waals surface area contributed by atoms with Gasteiger partial charge in [0.25, 0.3) is 11.8 Å². The zero-order valence-corrected chi connectivity index (χ0v) is 16.5. The molecular weight excluding hydrogens is 360 g/mol. The average molecular weight is 382 g/mol. The van der Waals surface area contributed by atoms with Crippen LogP contribution < -0.4 is 5.32 Å². The molecule has 1 heterocycles. The summed E-state index contributed by atoms with van der Waals surface area (Å²) in [7, 11) is 0. The Hall–Kier alpha value is -3.66. The van der Waals surface area contributed by atoms with Crippen LogP contribution in [-0.4, -0.2) is 16.7 Å². The van der Waals surface area contributed by atoms with Crippen molar-refractivity contribution >= 4 is 23.1 Å². The summed E-state index contributed by atoms with van der Waals surface area (Å²) in [6.07, 6.45) is 0. The Labute approximate surface area is 170 Å². The molecule has 2 amide bonds. The number of rotatable bonds is 5. The molecule has 3 aromatic rings. The van der Waals surface area contributed by atoms with Gasteiger partial charge in [-0.2, -0.15) is 0 Å². The van der Waals surface area contributed by atoms with Crippen LogP contribution in [0.2, 0.25) is 0 Å². The third-order valence-corrected chi connectivity index (χ3v) is 5.05. The van der Waals surface area contributed by atoms with Gasteiger partial charge in [0.2, 0.25) is 0 Å². The third-order valence-electron chi connectivity index (χ3n) is 5.05. The lowest BCUT2D eigenvalue weighted by Crippen LogP contribution is -2.32. The van der Waals surface area contributed by atoms with Gasteiger partial charge in [0.1, 0.15) is 5.70 Å². The second-order valence-corrected chi connectivity index (χ2v) is 7.24. The van der Waals surface area contributed by atoms with Crippen LogP contribution in [0.25, 0.3) is 5.57 Å². The molecule has 0 bridgehead atoms. The van der Waals surface area contributed by atoms with Crippen LogP contribution in [0, 0.1) is 13.8 Å². The van der Waals surface area contributed by atoms with Crippen LogP contribution in [0.4, 0.5) is 5.69 Å². The maximum Gasteiger partial charge on any atom is 0.278 e. The first-order chi connectivity index (χ1) is 14.0. The van der Waals surface area contributed by atoms with Crippen LogP contribution in [0.1, 0.15) is 22.3 Å². The number of carbonyl (C=O) groups is 2. The Bertz CT molecular complexity index is 1100. The zero-order chi connectivity index (χ0) is 20.4. The normalized spacial score (nSPS) is 13.9. The minimum absolute atomic E-state index is 0.243. The fourth-order valence-corrected chi connectivity index (χ4v) is 3.61. The van der Waals surface area contributed by atoms with Gasteiger partial charge in [-0.05, 0) is 42.7 Å². The lowest BCUT2D eigenvalue weighted by atomic mass is 9.97. The van der Waals surface area contributed by atoms with Crippen molar-refractivity contribution in [1.82, 2.24) is 4.90 Å². The van der Waals surface area contributed by atoms with E-state index in [2.05, 4.69) is 5.32 Å². The van der Waals surface area contributed by atoms with Crippen LogP contribution in [-0.2, 0) is 16.1 Å². The Morgan fingerprint density at radius 3 is 2.10 bits per heavy atom. The molecule has 1 aliphatic rings. The lowest BCUT2D eigenvalue weighted by molar-refractivity contribution is -0.137. The van der Waals surface area contributed by atoms with E-state index in [-0.39, 0.29) is 18.4 Å². The summed E-state index contributed by atoms with van der Waals surface area (Å²) in [6.45, 7) is 4.22. The van der Waals surface area contributed by atoms with Crippen molar-refractivity contribution in [1.29, 1.82) is 0 Å². The first kappa shape index (κ1) is 18.7. The van der Waals surface area contributed by atoms with Crippen molar-refractivity contribution in [3.05, 3.63) is 107 Å². The van der Waals surface area contributed by atoms with Crippen molar-refractivity contribution in [2.24, 2.45) is 0 Å². The minimum atomic E-state index is -0.308. The number of benzene rings is 3. The van der Waals surface area contributed by atoms with Gasteiger partial charge >= 0.3 is 0 Å². The smallest absolute Gasteiger partial charge is 0.278 e. The predicted molar refractivity (Wildman–Crippen MR) is 115 cm³/mol. The van der Waals surface area contributed by atoms with Crippen molar-refractivity contribution in [3.8, 4) is 0 Å². The monoisotopic (exact) mass is 382 g/mol. The second-order valence-electron chi connectivity index (χ2n) is 7.24. The molecule has 0 unspecified atom stereocenters. The van der Waals surface area contributed by atoms with Crippen molar-refractivity contribution in [2.45, 2.75) is 20.4 Å². The van der Waals surface area contributed by atoms with E-state index in [9.17, 15) is 9.59 Å². The number of anilines is 1. The molecule has 0 atom stereocenters. The molecule has 0 aromatic heterocycles. The number of para-hydroxylation sites is 1. The number of imide groups is 1. The number of hydrogen-bond donors (Lipinski definition) is 1. The molecule has 3 aromatic carbocycles. The molecule has 144 valence electrons. The van der Waals surface area contributed by atoms with E-state index in [0.29, 0.717) is 11.3 Å². The average Bonchev–Trinajstić information content (AvgIpc) is 2.94. The van der Waals surface area contributed by atoms with E-state index >= 15 is 0 Å². The van der Waals surface area contributed by atoms with Gasteiger partial charge in [0, 0.05) is 5.69 Å². The number of aryl methyl sites for hydroxylation is 2. The molecule has 0 saturated carbocycles. The molecule has 1 N–H and O–H groups in total. The summed E-state index contributed by atoms with van der Waals surface area (Å²) < 4.78 is 0. The Balaban J connectivity index is 1.78. The van der Waals surface area contributed by atoms with Crippen molar-refractivity contribution in [3.63, 3.8) is 0 Å². The molecule has 0 radical (unpaired) electrons. The van der Waals surface area contributed by atoms with E-state index < -0.39 is 0 Å². The van der Waals surface area contributed by atoms with Crippen LogP contribution in [0.3, 0.4) is 0 Å². The number of nitrogens with zero attached hydrogens (tertiary/aromatic N) is 1. The number of amides is 2. The Morgan fingerprint density at radius 2 is 1.45 bits per heavy atom. The molecule has 0 saturated heterocycles. The zero-order valence-electron chi connectivity index (χ0n) is 16.5. The highest BCUT2D eigenvalue weighted by atomic mass is 16.2. The summed E-state index contributed by atoms with van der Waals surface area (Å²) in [5.41, 5.74) is 5.29. The van der Waals surface area contributed by atoms with Gasteiger partial charge in [-0.15, -0.1) is 0 Å². The largest absolute Gasteiger partial charge is 0.350 e. The second kappa shape index (κ2) is 7.76. The molecule has 4 nitrogen and oxygen atoms in total. The van der Waals surface area contributed by atoms with Crippen molar-refractivity contribution in [2.75, 3.05) is 5.32 Å². The fraction of sp³-hybridized carbons (Fsp3) is 0.120. The van der Waals surface area contributed by atoms with Crippen molar-refractivity contribution < 1.29 is 9.59 Å². The third kappa shape index (κ3) is 3.69. The first-order valence-electron chi connectivity index (χ1n) is 9.58. The van der Waals surface area contributed by atoms with Gasteiger partial charge in [-0.1, -0.05) is 72.3 Å². The van der Waals surface area contributed by atoms with Gasteiger partial charge in [0.15, 0.2) is 0 Å². The minimum Gasteiger partial charge on any atom is -0.350 e. The summed E-state index contributed by atoms with van der Waals surface area (Å²) in [6, 6.07) is 24.9. The summed E-state index contributed by atoms with van der Waals surface area (Å²) in [5.74, 6) is -0.582. The van der Waals surface area contributed by atoms with Crippen LogP contribution in [0.5, 0.6) is 0 Å². The fourth-order valence-electron chi connectivity index (χ4n) is 3.61. The lowest BCUT2D eigenvalue weighted by Gasteiger charge is -2.15. The van der Waals surface area contributed by atoms with Gasteiger partial charge in [0.05, 0.1) is 12.1 Å². The molecule has 0 aliphatic carbocycles. The Morgan fingerprint density at radius 1 is 0.793 bits per heavy atom. The summed E-state index contributed by atoms with van der Waals surface area (Å²) >= 11 is 0.